The highest BCUT2D eigenvalue weighted by molar-refractivity contribution is 5.80. The van der Waals surface area contributed by atoms with Crippen LogP contribution in [0.2, 0.25) is 0 Å². The topological polar surface area (TPSA) is 134 Å². The third-order valence-electron chi connectivity index (χ3n) is 3.49. The first-order valence-corrected chi connectivity index (χ1v) is 8.32. The zero-order valence-electron chi connectivity index (χ0n) is 16.0. The Labute approximate surface area is 161 Å². The van der Waals surface area contributed by atoms with Crippen LogP contribution < -0.4 is 24.8 Å². The Balaban J connectivity index is 2.02. The number of nitrogens with zero attached hydrogens (tertiary/aromatic N) is 2. The van der Waals surface area contributed by atoms with Crippen molar-refractivity contribution in [1.29, 1.82) is 0 Å². The fraction of sp³-hybridized carbons (Fsp3) is 0.412. The van der Waals surface area contributed by atoms with Crippen molar-refractivity contribution in [3.63, 3.8) is 0 Å². The minimum Gasteiger partial charge on any atom is -0.493 e. The van der Waals surface area contributed by atoms with Gasteiger partial charge in [0.15, 0.2) is 11.5 Å². The molecule has 0 unspecified atom stereocenters. The van der Waals surface area contributed by atoms with E-state index in [9.17, 15) is 9.59 Å². The average Bonchev–Trinajstić information content (AvgIpc) is 3.18. The molecule has 0 radical (unpaired) electrons. The zero-order valence-corrected chi connectivity index (χ0v) is 16.0. The van der Waals surface area contributed by atoms with Gasteiger partial charge in [-0.15, -0.1) is 0 Å². The number of benzene rings is 1. The molecule has 11 heteroatoms. The van der Waals surface area contributed by atoms with Gasteiger partial charge in [-0.2, -0.15) is 4.98 Å². The molecule has 2 rings (SSSR count). The summed E-state index contributed by atoms with van der Waals surface area (Å²) in [5, 5.41) is 8.74. The Hall–Kier alpha value is -3.50. The molecule has 1 aromatic heterocycles. The Morgan fingerprint density at radius 2 is 1.75 bits per heavy atom. The molecule has 152 valence electrons. The van der Waals surface area contributed by atoms with Gasteiger partial charge in [0.25, 0.3) is 0 Å². The number of ether oxygens (including phenoxy) is 4. The van der Waals surface area contributed by atoms with E-state index in [1.165, 1.54) is 21.3 Å². The lowest BCUT2D eigenvalue weighted by molar-refractivity contribution is -0.141. The lowest BCUT2D eigenvalue weighted by Gasteiger charge is -2.12. The van der Waals surface area contributed by atoms with Gasteiger partial charge >= 0.3 is 12.0 Å². The van der Waals surface area contributed by atoms with Crippen LogP contribution in [-0.4, -0.2) is 56.6 Å². The number of methoxy groups -OCH3 is 3. The number of urea groups is 1. The molecule has 1 aromatic carbocycles. The molecule has 0 fully saturated rings. The highest BCUT2D eigenvalue weighted by Crippen LogP contribution is 2.40. The maximum absolute atomic E-state index is 11.7. The first-order chi connectivity index (χ1) is 13.5. The van der Waals surface area contributed by atoms with Crippen LogP contribution in [0.3, 0.4) is 0 Å². The van der Waals surface area contributed by atoms with Crippen molar-refractivity contribution in [1.82, 2.24) is 20.8 Å². The van der Waals surface area contributed by atoms with Gasteiger partial charge in [-0.3, -0.25) is 4.79 Å². The van der Waals surface area contributed by atoms with Crippen LogP contribution in [0.5, 0.6) is 17.2 Å². The second-order valence-corrected chi connectivity index (χ2v) is 5.27. The Bertz CT molecular complexity index is 797. The highest BCUT2D eigenvalue weighted by Gasteiger charge is 2.17. The van der Waals surface area contributed by atoms with E-state index in [0.717, 1.165) is 0 Å². The van der Waals surface area contributed by atoms with Gasteiger partial charge in [0, 0.05) is 5.56 Å². The molecule has 0 spiro atoms. The molecule has 2 N–H and O–H groups in total. The van der Waals surface area contributed by atoms with Gasteiger partial charge in [0.1, 0.15) is 6.54 Å². The SMILES string of the molecule is CCOC(=O)CNC(=O)NCc1nc(-c2cc(OC)c(OC)c(OC)c2)no1. The second kappa shape index (κ2) is 10.00. The van der Waals surface area contributed by atoms with Gasteiger partial charge in [-0.05, 0) is 19.1 Å². The van der Waals surface area contributed by atoms with Crippen LogP contribution in [-0.2, 0) is 16.1 Å². The predicted octanol–water partition coefficient (Wildman–Crippen LogP) is 1.12. The van der Waals surface area contributed by atoms with Crippen LogP contribution in [0, 0.1) is 0 Å². The summed E-state index contributed by atoms with van der Waals surface area (Å²) in [4.78, 5) is 27.1. The number of aromatic nitrogens is 2. The minimum absolute atomic E-state index is 0.0217. The van der Waals surface area contributed by atoms with Crippen molar-refractivity contribution in [2.24, 2.45) is 0 Å². The van der Waals surface area contributed by atoms with Crippen LogP contribution in [0.1, 0.15) is 12.8 Å². The quantitative estimate of drug-likeness (QED) is 0.600. The molecule has 28 heavy (non-hydrogen) atoms. The van der Waals surface area contributed by atoms with Crippen LogP contribution >= 0.6 is 0 Å². The summed E-state index contributed by atoms with van der Waals surface area (Å²) < 4.78 is 25.7. The highest BCUT2D eigenvalue weighted by atomic mass is 16.5. The number of nitrogens with one attached hydrogen (secondary N) is 2. The standard InChI is InChI=1S/C17H22N4O7/c1-5-27-14(22)9-19-17(23)18-8-13-20-16(21-28-13)10-6-11(24-2)15(26-4)12(7-10)25-3/h6-7H,5,8-9H2,1-4H3,(H2,18,19,23). The largest absolute Gasteiger partial charge is 0.493 e. The minimum atomic E-state index is -0.569. The Kier molecular flexibility index (Phi) is 7.43. The van der Waals surface area contributed by atoms with E-state index in [4.69, 9.17) is 23.5 Å². The van der Waals surface area contributed by atoms with Gasteiger partial charge in [-0.25, -0.2) is 4.79 Å². The fourth-order valence-electron chi connectivity index (χ4n) is 2.24. The first-order valence-electron chi connectivity index (χ1n) is 8.32. The molecular formula is C17H22N4O7. The zero-order chi connectivity index (χ0) is 20.5. The lowest BCUT2D eigenvalue weighted by atomic mass is 10.1. The van der Waals surface area contributed by atoms with E-state index in [1.807, 2.05) is 0 Å². The Morgan fingerprint density at radius 1 is 1.07 bits per heavy atom. The van der Waals surface area contributed by atoms with Crippen LogP contribution in [0.25, 0.3) is 11.4 Å². The van der Waals surface area contributed by atoms with E-state index in [0.29, 0.717) is 22.8 Å². The van der Waals surface area contributed by atoms with Crippen molar-refractivity contribution >= 4 is 12.0 Å². The predicted molar refractivity (Wildman–Crippen MR) is 96.3 cm³/mol. The van der Waals surface area contributed by atoms with Crippen LogP contribution in [0.15, 0.2) is 16.7 Å². The van der Waals surface area contributed by atoms with Crippen molar-refractivity contribution < 1.29 is 33.1 Å². The van der Waals surface area contributed by atoms with E-state index < -0.39 is 12.0 Å². The first kappa shape index (κ1) is 20.8. The summed E-state index contributed by atoms with van der Waals surface area (Å²) in [5.74, 6) is 1.26. The molecule has 0 saturated carbocycles. The monoisotopic (exact) mass is 394 g/mol. The number of rotatable bonds is 9. The molecule has 0 aliphatic heterocycles. The normalized spacial score (nSPS) is 10.1. The van der Waals surface area contributed by atoms with Crippen molar-refractivity contribution in [2.45, 2.75) is 13.5 Å². The molecule has 2 amide bonds. The summed E-state index contributed by atoms with van der Waals surface area (Å²) in [7, 11) is 4.51. The third-order valence-corrected chi connectivity index (χ3v) is 3.49. The summed E-state index contributed by atoms with van der Waals surface area (Å²) in [6, 6.07) is 2.78. The van der Waals surface area contributed by atoms with Gasteiger partial charge < -0.3 is 34.1 Å². The van der Waals surface area contributed by atoms with Crippen molar-refractivity contribution in [3.8, 4) is 28.6 Å². The lowest BCUT2D eigenvalue weighted by Crippen LogP contribution is -2.38. The van der Waals surface area contributed by atoms with Gasteiger partial charge in [-0.1, -0.05) is 5.16 Å². The maximum Gasteiger partial charge on any atom is 0.325 e. The van der Waals surface area contributed by atoms with E-state index in [1.54, 1.807) is 19.1 Å². The molecule has 1 heterocycles. The summed E-state index contributed by atoms with van der Waals surface area (Å²) >= 11 is 0. The van der Waals surface area contributed by atoms with Gasteiger partial charge in [0.05, 0.1) is 34.5 Å². The second-order valence-electron chi connectivity index (χ2n) is 5.27. The molecule has 0 bridgehead atoms. The molecule has 11 nitrogen and oxygen atoms in total. The molecule has 0 atom stereocenters. The molecule has 2 aromatic rings. The smallest absolute Gasteiger partial charge is 0.325 e. The molecule has 0 saturated heterocycles. The van der Waals surface area contributed by atoms with Gasteiger partial charge in [0.2, 0.25) is 17.5 Å². The number of carbonyl (C=O) groups excluding carboxylic acids is 2. The maximum atomic E-state index is 11.7. The number of hydrogen-bond donors (Lipinski definition) is 2. The van der Waals surface area contributed by atoms with E-state index in [-0.39, 0.29) is 31.4 Å². The van der Waals surface area contributed by atoms with E-state index in [2.05, 4.69) is 20.8 Å². The average molecular weight is 394 g/mol. The summed E-state index contributed by atoms with van der Waals surface area (Å²) in [6.45, 7) is 1.67. The molecular weight excluding hydrogens is 372 g/mol. The number of carbonyl (C=O) groups is 2. The molecule has 0 aliphatic rings. The van der Waals surface area contributed by atoms with Crippen LogP contribution in [0.4, 0.5) is 4.79 Å². The number of esters is 1. The Morgan fingerprint density at radius 3 is 2.32 bits per heavy atom. The van der Waals surface area contributed by atoms with Crippen molar-refractivity contribution in [3.05, 3.63) is 18.0 Å². The van der Waals surface area contributed by atoms with Crippen molar-refractivity contribution in [2.75, 3.05) is 34.5 Å². The molecule has 0 aliphatic carbocycles. The summed E-state index contributed by atoms with van der Waals surface area (Å²) in [5.41, 5.74) is 0.580. The third kappa shape index (κ3) is 5.25. The summed E-state index contributed by atoms with van der Waals surface area (Å²) in [6.07, 6.45) is 0. The fourth-order valence-corrected chi connectivity index (χ4v) is 2.24. The number of hydrogen-bond acceptors (Lipinski definition) is 9. The van der Waals surface area contributed by atoms with E-state index >= 15 is 0 Å². The number of amides is 2.